The molecule has 0 bridgehead atoms. The first-order valence-corrected chi connectivity index (χ1v) is 9.92. The van der Waals surface area contributed by atoms with Gasteiger partial charge in [-0.3, -0.25) is 0 Å². The maximum absolute atomic E-state index is 12.3. The summed E-state index contributed by atoms with van der Waals surface area (Å²) < 4.78 is 27.7. The van der Waals surface area contributed by atoms with Gasteiger partial charge in [0.25, 0.3) is 10.0 Å². The highest BCUT2D eigenvalue weighted by molar-refractivity contribution is 7.91. The first-order valence-electron chi connectivity index (χ1n) is 6.74. The van der Waals surface area contributed by atoms with Crippen molar-refractivity contribution in [2.75, 3.05) is 13.1 Å². The zero-order valence-corrected chi connectivity index (χ0v) is 14.4. The molecule has 0 spiro atoms. The molecule has 1 atom stereocenters. The largest absolute Gasteiger partial charge is 0.317 e. The molecule has 8 heteroatoms. The minimum Gasteiger partial charge on any atom is -0.317 e. The second kappa shape index (κ2) is 7.46. The van der Waals surface area contributed by atoms with E-state index in [9.17, 15) is 8.42 Å². The van der Waals surface area contributed by atoms with Gasteiger partial charge >= 0.3 is 0 Å². The van der Waals surface area contributed by atoms with Crippen molar-refractivity contribution in [1.29, 1.82) is 0 Å². The lowest BCUT2D eigenvalue weighted by molar-refractivity contribution is 0.568. The van der Waals surface area contributed by atoms with E-state index in [4.69, 9.17) is 0 Å². The predicted molar refractivity (Wildman–Crippen MR) is 87.4 cm³/mol. The van der Waals surface area contributed by atoms with Gasteiger partial charge in [0.05, 0.1) is 6.04 Å². The number of hydrogen-bond donors (Lipinski definition) is 2. The lowest BCUT2D eigenvalue weighted by Gasteiger charge is -2.10. The maximum Gasteiger partial charge on any atom is 0.250 e. The van der Waals surface area contributed by atoms with Crippen LogP contribution in [0.3, 0.4) is 0 Å². The number of rotatable bonds is 8. The molecule has 0 aliphatic carbocycles. The van der Waals surface area contributed by atoms with Gasteiger partial charge in [-0.25, -0.2) is 18.1 Å². The number of likely N-dealkylation sites (N-methyl/N-ethyl adjacent to an activating group) is 1. The standard InChI is InChI=1S/C13H19N3O2S3/c1-3-14-7-6-11-4-5-12(20-11)21(17,18)16-10(2)13-15-8-9-19-13/h4-5,8-10,14,16H,3,6-7H2,1-2H3. The summed E-state index contributed by atoms with van der Waals surface area (Å²) in [6.07, 6.45) is 2.52. The Morgan fingerprint density at radius 3 is 2.86 bits per heavy atom. The molecule has 0 saturated heterocycles. The molecule has 2 aromatic heterocycles. The molecular weight excluding hydrogens is 326 g/mol. The summed E-state index contributed by atoms with van der Waals surface area (Å²) in [5, 5.41) is 5.83. The average molecular weight is 346 g/mol. The van der Waals surface area contributed by atoms with Crippen molar-refractivity contribution < 1.29 is 8.42 Å². The van der Waals surface area contributed by atoms with Crippen molar-refractivity contribution in [3.05, 3.63) is 33.6 Å². The van der Waals surface area contributed by atoms with Crippen LogP contribution in [-0.4, -0.2) is 26.5 Å². The minimum atomic E-state index is -3.48. The number of sulfonamides is 1. The normalized spacial score (nSPS) is 13.4. The highest BCUT2D eigenvalue weighted by Gasteiger charge is 2.21. The fourth-order valence-electron chi connectivity index (χ4n) is 1.81. The van der Waals surface area contributed by atoms with Crippen molar-refractivity contribution in [1.82, 2.24) is 15.0 Å². The van der Waals surface area contributed by atoms with Gasteiger partial charge in [0, 0.05) is 16.5 Å². The van der Waals surface area contributed by atoms with E-state index in [2.05, 4.69) is 15.0 Å². The van der Waals surface area contributed by atoms with Crippen LogP contribution in [0.25, 0.3) is 0 Å². The van der Waals surface area contributed by atoms with Gasteiger partial charge in [0.1, 0.15) is 9.22 Å². The van der Waals surface area contributed by atoms with Crippen molar-refractivity contribution in [3.8, 4) is 0 Å². The second-order valence-corrected chi connectivity index (χ2v) is 8.57. The van der Waals surface area contributed by atoms with Crippen molar-refractivity contribution in [2.24, 2.45) is 0 Å². The fourth-order valence-corrected chi connectivity index (χ4v) is 5.11. The second-order valence-electron chi connectivity index (χ2n) is 4.54. The van der Waals surface area contributed by atoms with E-state index >= 15 is 0 Å². The highest BCUT2D eigenvalue weighted by Crippen LogP contribution is 2.24. The van der Waals surface area contributed by atoms with Crippen LogP contribution < -0.4 is 10.0 Å². The van der Waals surface area contributed by atoms with Gasteiger partial charge in [0.15, 0.2) is 0 Å². The molecule has 0 fully saturated rings. The van der Waals surface area contributed by atoms with Gasteiger partial charge in [-0.1, -0.05) is 6.92 Å². The summed E-state index contributed by atoms with van der Waals surface area (Å²) >= 11 is 2.76. The molecule has 0 amide bonds. The summed E-state index contributed by atoms with van der Waals surface area (Å²) in [6, 6.07) is 3.23. The predicted octanol–water partition coefficient (Wildman–Crippen LogP) is 2.40. The number of aromatic nitrogens is 1. The van der Waals surface area contributed by atoms with E-state index in [1.54, 1.807) is 19.2 Å². The lowest BCUT2D eigenvalue weighted by atomic mass is 10.3. The third kappa shape index (κ3) is 4.58. The average Bonchev–Trinajstić information content (AvgIpc) is 3.10. The summed E-state index contributed by atoms with van der Waals surface area (Å²) in [7, 11) is -3.48. The molecule has 2 aromatic rings. The Balaban J connectivity index is 2.02. The smallest absolute Gasteiger partial charge is 0.250 e. The zero-order valence-electron chi connectivity index (χ0n) is 12.0. The van der Waals surface area contributed by atoms with Crippen molar-refractivity contribution in [2.45, 2.75) is 30.5 Å². The Hall–Kier alpha value is -0.800. The molecule has 2 rings (SSSR count). The molecular formula is C13H19N3O2S3. The molecule has 0 aliphatic rings. The van der Waals surface area contributed by atoms with Crippen molar-refractivity contribution in [3.63, 3.8) is 0 Å². The Morgan fingerprint density at radius 1 is 1.38 bits per heavy atom. The molecule has 0 aromatic carbocycles. The van der Waals surface area contributed by atoms with Gasteiger partial charge in [0.2, 0.25) is 0 Å². The number of hydrogen-bond acceptors (Lipinski definition) is 6. The third-order valence-corrected chi connectivity index (χ3v) is 6.99. The molecule has 2 N–H and O–H groups in total. The van der Waals surface area contributed by atoms with E-state index in [0.717, 1.165) is 29.4 Å². The first-order chi connectivity index (χ1) is 10.0. The van der Waals surface area contributed by atoms with E-state index in [1.807, 2.05) is 18.4 Å². The van der Waals surface area contributed by atoms with Crippen LogP contribution in [0, 0.1) is 0 Å². The molecule has 0 saturated carbocycles. The molecule has 0 radical (unpaired) electrons. The summed E-state index contributed by atoms with van der Waals surface area (Å²) in [6.45, 7) is 5.63. The Morgan fingerprint density at radius 2 is 2.19 bits per heavy atom. The van der Waals surface area contributed by atoms with Crippen molar-refractivity contribution >= 4 is 32.7 Å². The molecule has 0 aliphatic heterocycles. The van der Waals surface area contributed by atoms with E-state index in [-0.39, 0.29) is 6.04 Å². The third-order valence-electron chi connectivity index (χ3n) is 2.85. The lowest BCUT2D eigenvalue weighted by Crippen LogP contribution is -2.26. The van der Waals surface area contributed by atoms with E-state index < -0.39 is 10.0 Å². The topological polar surface area (TPSA) is 71.1 Å². The monoisotopic (exact) mass is 345 g/mol. The Labute approximate surface area is 133 Å². The van der Waals surface area contributed by atoms with Gasteiger partial charge in [-0.15, -0.1) is 22.7 Å². The zero-order chi connectivity index (χ0) is 15.3. The summed E-state index contributed by atoms with van der Waals surface area (Å²) in [4.78, 5) is 5.20. The van der Waals surface area contributed by atoms with Crippen LogP contribution in [0.15, 0.2) is 27.9 Å². The van der Waals surface area contributed by atoms with Crippen LogP contribution in [0.4, 0.5) is 0 Å². The molecule has 5 nitrogen and oxygen atoms in total. The van der Waals surface area contributed by atoms with Crippen LogP contribution in [0.2, 0.25) is 0 Å². The quantitative estimate of drug-likeness (QED) is 0.721. The van der Waals surface area contributed by atoms with E-state index in [0.29, 0.717) is 4.21 Å². The summed E-state index contributed by atoms with van der Waals surface area (Å²) in [5.74, 6) is 0. The van der Waals surface area contributed by atoms with Crippen LogP contribution in [-0.2, 0) is 16.4 Å². The molecule has 2 heterocycles. The number of thiophene rings is 1. The number of thiazole rings is 1. The Bertz CT molecular complexity index is 650. The number of nitrogens with zero attached hydrogens (tertiary/aromatic N) is 1. The Kier molecular flexibility index (Phi) is 5.88. The maximum atomic E-state index is 12.3. The highest BCUT2D eigenvalue weighted by atomic mass is 32.2. The fraction of sp³-hybridized carbons (Fsp3) is 0.462. The first kappa shape index (κ1) is 16.6. The molecule has 116 valence electrons. The van der Waals surface area contributed by atoms with Crippen LogP contribution in [0.5, 0.6) is 0 Å². The van der Waals surface area contributed by atoms with Gasteiger partial charge in [-0.05, 0) is 38.6 Å². The van der Waals surface area contributed by atoms with Crippen LogP contribution in [0.1, 0.15) is 29.8 Å². The van der Waals surface area contributed by atoms with Gasteiger partial charge in [-0.2, -0.15) is 0 Å². The minimum absolute atomic E-state index is 0.317. The number of nitrogens with one attached hydrogen (secondary N) is 2. The molecule has 21 heavy (non-hydrogen) atoms. The van der Waals surface area contributed by atoms with E-state index in [1.165, 1.54) is 22.7 Å². The SMILES string of the molecule is CCNCCc1ccc(S(=O)(=O)NC(C)c2nccs2)s1. The van der Waals surface area contributed by atoms with Crippen LogP contribution >= 0.6 is 22.7 Å². The molecule has 1 unspecified atom stereocenters. The summed E-state index contributed by atoms with van der Waals surface area (Å²) in [5.41, 5.74) is 0. The van der Waals surface area contributed by atoms with Gasteiger partial charge < -0.3 is 5.32 Å².